The fourth-order valence-corrected chi connectivity index (χ4v) is 3.32. The molecule has 0 radical (unpaired) electrons. The van der Waals surface area contributed by atoms with Crippen LogP contribution in [0.5, 0.6) is 0 Å². The lowest BCUT2D eigenvalue weighted by atomic mass is 10.1. The molecule has 1 saturated heterocycles. The number of aryl methyl sites for hydroxylation is 1. The quantitative estimate of drug-likeness (QED) is 0.751. The molecule has 0 saturated carbocycles. The molecule has 1 aliphatic heterocycles. The zero-order chi connectivity index (χ0) is 17.1. The molecule has 1 aliphatic rings. The molecule has 0 spiro atoms. The molecule has 130 valence electrons. The van der Waals surface area contributed by atoms with E-state index < -0.39 is 0 Å². The van der Waals surface area contributed by atoms with Crippen molar-refractivity contribution in [3.8, 4) is 5.69 Å². The third-order valence-corrected chi connectivity index (χ3v) is 4.66. The van der Waals surface area contributed by atoms with Gasteiger partial charge in [0, 0.05) is 49.9 Å². The summed E-state index contributed by atoms with van der Waals surface area (Å²) in [4.78, 5) is 4.50. The minimum atomic E-state index is 0.0131. The first-order chi connectivity index (χ1) is 12.3. The van der Waals surface area contributed by atoms with E-state index in [1.807, 2.05) is 41.5 Å². The van der Waals surface area contributed by atoms with Crippen molar-refractivity contribution in [1.82, 2.24) is 24.6 Å². The van der Waals surface area contributed by atoms with Crippen LogP contribution in [0.3, 0.4) is 0 Å². The summed E-state index contributed by atoms with van der Waals surface area (Å²) in [6.45, 7) is 4.57. The number of ether oxygens (including phenoxy) is 1. The van der Waals surface area contributed by atoms with Crippen LogP contribution in [0.1, 0.15) is 30.8 Å². The Morgan fingerprint density at radius 2 is 2.16 bits per heavy atom. The number of hydrogen-bond acceptors (Lipinski definition) is 4. The first kappa shape index (κ1) is 16.1. The summed E-state index contributed by atoms with van der Waals surface area (Å²) in [5.41, 5.74) is 2.23. The number of aromatic nitrogens is 4. The summed E-state index contributed by atoms with van der Waals surface area (Å²) in [5.74, 6) is 1.01. The van der Waals surface area contributed by atoms with Crippen LogP contribution in [0.15, 0.2) is 55.1 Å². The van der Waals surface area contributed by atoms with E-state index in [9.17, 15) is 0 Å². The maximum Gasteiger partial charge on any atom is 0.139 e. The van der Waals surface area contributed by atoms with Crippen molar-refractivity contribution in [2.45, 2.75) is 38.6 Å². The Labute approximate surface area is 147 Å². The van der Waals surface area contributed by atoms with Gasteiger partial charge in [-0.05, 0) is 25.5 Å². The molecule has 0 aliphatic carbocycles. The minimum absolute atomic E-state index is 0.0131. The minimum Gasteiger partial charge on any atom is -0.369 e. The highest BCUT2D eigenvalue weighted by Gasteiger charge is 2.32. The summed E-state index contributed by atoms with van der Waals surface area (Å²) < 4.78 is 10.0. The van der Waals surface area contributed by atoms with E-state index in [4.69, 9.17) is 4.74 Å². The van der Waals surface area contributed by atoms with E-state index in [2.05, 4.69) is 45.2 Å². The number of imidazole rings is 1. The zero-order valence-corrected chi connectivity index (χ0v) is 14.4. The first-order valence-electron chi connectivity index (χ1n) is 8.80. The van der Waals surface area contributed by atoms with Crippen LogP contribution in [0.4, 0.5) is 0 Å². The summed E-state index contributed by atoms with van der Waals surface area (Å²) in [6.07, 6.45) is 8.85. The van der Waals surface area contributed by atoms with Gasteiger partial charge in [0.25, 0.3) is 0 Å². The molecule has 0 bridgehead atoms. The lowest BCUT2D eigenvalue weighted by molar-refractivity contribution is 0.0886. The number of nitrogens with one attached hydrogen (secondary N) is 1. The number of para-hydroxylation sites is 1. The predicted molar refractivity (Wildman–Crippen MR) is 95.4 cm³/mol. The van der Waals surface area contributed by atoms with Crippen LogP contribution in [0.2, 0.25) is 0 Å². The monoisotopic (exact) mass is 337 g/mol. The molecular formula is C19H23N5O. The fraction of sp³-hybridized carbons (Fsp3) is 0.368. The van der Waals surface area contributed by atoms with Crippen molar-refractivity contribution in [2.75, 3.05) is 6.61 Å². The molecule has 1 N–H and O–H groups in total. The highest BCUT2D eigenvalue weighted by atomic mass is 16.5. The summed E-state index contributed by atoms with van der Waals surface area (Å²) in [5, 5.41) is 8.08. The van der Waals surface area contributed by atoms with Crippen molar-refractivity contribution < 1.29 is 4.74 Å². The molecule has 4 rings (SSSR count). The number of hydrogen-bond donors (Lipinski definition) is 1. The van der Waals surface area contributed by atoms with Gasteiger partial charge in [0.1, 0.15) is 11.9 Å². The van der Waals surface area contributed by atoms with E-state index in [-0.39, 0.29) is 12.1 Å². The molecule has 3 heterocycles. The van der Waals surface area contributed by atoms with Crippen molar-refractivity contribution >= 4 is 0 Å². The van der Waals surface area contributed by atoms with E-state index in [0.29, 0.717) is 0 Å². The Morgan fingerprint density at radius 1 is 1.28 bits per heavy atom. The molecule has 3 aromatic rings. The average Bonchev–Trinajstić information content (AvgIpc) is 3.39. The lowest BCUT2D eigenvalue weighted by Crippen LogP contribution is -2.32. The number of rotatable bonds is 6. The molecule has 0 amide bonds. The van der Waals surface area contributed by atoms with Gasteiger partial charge in [-0.25, -0.2) is 9.67 Å². The standard InChI is InChI=1S/C19H23N5O/c1-2-23-10-9-20-19(23)18-17(8-11-25-18)21-12-15-13-22-24(14-15)16-6-4-3-5-7-16/h3-7,9-10,13-14,17-18,21H,2,8,11-12H2,1H3/t17-,18-/m0/s1. The van der Waals surface area contributed by atoms with Crippen molar-refractivity contribution in [2.24, 2.45) is 0 Å². The third kappa shape index (κ3) is 3.36. The van der Waals surface area contributed by atoms with E-state index in [1.54, 1.807) is 0 Å². The van der Waals surface area contributed by atoms with Gasteiger partial charge in [-0.1, -0.05) is 18.2 Å². The Balaban J connectivity index is 1.42. The van der Waals surface area contributed by atoms with E-state index in [0.717, 1.165) is 43.2 Å². The third-order valence-electron chi connectivity index (χ3n) is 4.66. The Morgan fingerprint density at radius 3 is 3.00 bits per heavy atom. The maximum absolute atomic E-state index is 5.95. The molecule has 0 unspecified atom stereocenters. The Bertz CT molecular complexity index is 810. The average molecular weight is 337 g/mol. The normalized spacial score (nSPS) is 20.2. The van der Waals surface area contributed by atoms with Crippen LogP contribution < -0.4 is 5.32 Å². The van der Waals surface area contributed by atoms with Gasteiger partial charge in [-0.2, -0.15) is 5.10 Å². The van der Waals surface area contributed by atoms with Gasteiger partial charge >= 0.3 is 0 Å². The smallest absolute Gasteiger partial charge is 0.139 e. The molecule has 6 heteroatoms. The highest BCUT2D eigenvalue weighted by molar-refractivity contribution is 5.30. The predicted octanol–water partition coefficient (Wildman–Crippen LogP) is 2.71. The van der Waals surface area contributed by atoms with Gasteiger partial charge in [-0.3, -0.25) is 0 Å². The molecule has 25 heavy (non-hydrogen) atoms. The fourth-order valence-electron chi connectivity index (χ4n) is 3.32. The second kappa shape index (κ2) is 7.21. The largest absolute Gasteiger partial charge is 0.369 e. The van der Waals surface area contributed by atoms with Crippen LogP contribution in [-0.2, 0) is 17.8 Å². The molecule has 1 fully saturated rings. The first-order valence-corrected chi connectivity index (χ1v) is 8.80. The van der Waals surface area contributed by atoms with Crippen LogP contribution in [0.25, 0.3) is 5.69 Å². The summed E-state index contributed by atoms with van der Waals surface area (Å²) in [7, 11) is 0. The highest BCUT2D eigenvalue weighted by Crippen LogP contribution is 2.28. The van der Waals surface area contributed by atoms with Gasteiger partial charge in [0.15, 0.2) is 0 Å². The molecule has 2 aromatic heterocycles. The van der Waals surface area contributed by atoms with Crippen LogP contribution >= 0.6 is 0 Å². The van der Waals surface area contributed by atoms with Gasteiger partial charge in [-0.15, -0.1) is 0 Å². The van der Waals surface area contributed by atoms with E-state index in [1.165, 1.54) is 0 Å². The maximum atomic E-state index is 5.95. The lowest BCUT2D eigenvalue weighted by Gasteiger charge is -2.20. The molecule has 1 aromatic carbocycles. The van der Waals surface area contributed by atoms with Crippen LogP contribution in [0, 0.1) is 0 Å². The summed E-state index contributed by atoms with van der Waals surface area (Å²) >= 11 is 0. The summed E-state index contributed by atoms with van der Waals surface area (Å²) in [6, 6.07) is 10.4. The zero-order valence-electron chi connectivity index (χ0n) is 14.4. The van der Waals surface area contributed by atoms with Crippen molar-refractivity contribution in [3.63, 3.8) is 0 Å². The second-order valence-electron chi connectivity index (χ2n) is 6.27. The molecule has 2 atom stereocenters. The van der Waals surface area contributed by atoms with Gasteiger partial charge in [0.2, 0.25) is 0 Å². The number of benzene rings is 1. The topological polar surface area (TPSA) is 56.9 Å². The number of nitrogens with zero attached hydrogens (tertiary/aromatic N) is 4. The van der Waals surface area contributed by atoms with Crippen molar-refractivity contribution in [3.05, 3.63) is 66.5 Å². The van der Waals surface area contributed by atoms with Gasteiger partial charge < -0.3 is 14.6 Å². The Kier molecular flexibility index (Phi) is 4.63. The SMILES string of the molecule is CCn1ccnc1[C@H]1OCC[C@@H]1NCc1cnn(-c2ccccc2)c1. The van der Waals surface area contributed by atoms with Gasteiger partial charge in [0.05, 0.1) is 11.9 Å². The molecule has 6 nitrogen and oxygen atoms in total. The molecular weight excluding hydrogens is 314 g/mol. The van der Waals surface area contributed by atoms with Crippen molar-refractivity contribution in [1.29, 1.82) is 0 Å². The second-order valence-corrected chi connectivity index (χ2v) is 6.27. The van der Waals surface area contributed by atoms with Crippen LogP contribution in [-0.4, -0.2) is 32.0 Å². The Hall–Kier alpha value is -2.44. The van der Waals surface area contributed by atoms with E-state index >= 15 is 0 Å².